The van der Waals surface area contributed by atoms with Crippen molar-refractivity contribution in [3.8, 4) is 0 Å². The lowest BCUT2D eigenvalue weighted by atomic mass is 10.2. The van der Waals surface area contributed by atoms with Crippen LogP contribution in [0.3, 0.4) is 0 Å². The molecule has 0 radical (unpaired) electrons. The van der Waals surface area contributed by atoms with E-state index >= 15 is 0 Å². The zero-order valence-corrected chi connectivity index (χ0v) is 7.16. The Morgan fingerprint density at radius 3 is 2.69 bits per heavy atom. The van der Waals surface area contributed by atoms with E-state index in [2.05, 4.69) is 10.6 Å². The number of carbonyl (C=O) groups excluding carboxylic acids is 3. The predicted octanol–water partition coefficient (Wildman–Crippen LogP) is -2.14. The fourth-order valence-electron chi connectivity index (χ4n) is 0.973. The van der Waals surface area contributed by atoms with Crippen LogP contribution in [-0.2, 0) is 14.4 Å². The molecule has 1 rings (SSSR count). The molecule has 0 saturated carbocycles. The number of amides is 3. The smallest absolute Gasteiger partial charge is 0.249 e. The number of nitrogens with two attached hydrogens (primary N) is 1. The summed E-state index contributed by atoms with van der Waals surface area (Å²) in [6.45, 7) is 1.50. The van der Waals surface area contributed by atoms with Gasteiger partial charge in [-0.2, -0.15) is 0 Å². The van der Waals surface area contributed by atoms with Crippen LogP contribution >= 0.6 is 0 Å². The van der Waals surface area contributed by atoms with E-state index in [1.807, 2.05) is 0 Å². The number of hydrogen-bond acceptors (Lipinski definition) is 4. The molecular weight excluding hydrogens is 174 g/mol. The normalized spacial score (nSPS) is 24.0. The maximum absolute atomic E-state index is 11.0. The van der Waals surface area contributed by atoms with Crippen LogP contribution in [0.15, 0.2) is 0 Å². The minimum atomic E-state index is -0.758. The second-order valence-corrected chi connectivity index (χ2v) is 2.97. The number of nitrogens with one attached hydrogen (secondary N) is 2. The zero-order chi connectivity index (χ0) is 10.0. The van der Waals surface area contributed by atoms with Gasteiger partial charge in [0.05, 0.1) is 12.5 Å². The monoisotopic (exact) mass is 185 g/mol. The molecule has 1 aliphatic heterocycles. The number of imide groups is 1. The molecule has 1 saturated heterocycles. The molecule has 0 spiro atoms. The number of carbonyl (C=O) groups is 3. The first-order valence-corrected chi connectivity index (χ1v) is 3.90. The molecule has 0 aromatic heterocycles. The summed E-state index contributed by atoms with van der Waals surface area (Å²) < 4.78 is 0. The topological polar surface area (TPSA) is 101 Å². The minimum absolute atomic E-state index is 0.00269. The van der Waals surface area contributed by atoms with Crippen LogP contribution in [0.5, 0.6) is 0 Å². The molecule has 2 atom stereocenters. The average molecular weight is 185 g/mol. The van der Waals surface area contributed by atoms with Crippen LogP contribution in [0.2, 0.25) is 0 Å². The third-order valence-corrected chi connectivity index (χ3v) is 1.70. The van der Waals surface area contributed by atoms with Crippen LogP contribution in [0.25, 0.3) is 0 Å². The third-order valence-electron chi connectivity index (χ3n) is 1.70. The SMILES string of the molecule is CC(N)C(=O)NC1CC(=O)NC1=O. The van der Waals surface area contributed by atoms with Gasteiger partial charge in [0.15, 0.2) is 0 Å². The fraction of sp³-hybridized carbons (Fsp3) is 0.571. The Labute approximate surface area is 74.8 Å². The first-order valence-electron chi connectivity index (χ1n) is 3.90. The highest BCUT2D eigenvalue weighted by Crippen LogP contribution is 2.00. The second kappa shape index (κ2) is 3.53. The largest absolute Gasteiger partial charge is 0.342 e. The van der Waals surface area contributed by atoms with E-state index in [1.165, 1.54) is 6.92 Å². The van der Waals surface area contributed by atoms with Gasteiger partial charge in [0, 0.05) is 0 Å². The van der Waals surface area contributed by atoms with Crippen molar-refractivity contribution < 1.29 is 14.4 Å². The summed E-state index contributed by atoms with van der Waals surface area (Å²) in [5.41, 5.74) is 5.27. The Kier molecular flexibility index (Phi) is 2.62. The Morgan fingerprint density at radius 2 is 2.31 bits per heavy atom. The van der Waals surface area contributed by atoms with Crippen molar-refractivity contribution in [2.75, 3.05) is 0 Å². The van der Waals surface area contributed by atoms with Gasteiger partial charge in [-0.15, -0.1) is 0 Å². The highest BCUT2D eigenvalue weighted by Gasteiger charge is 2.31. The molecule has 1 fully saturated rings. The molecule has 4 N–H and O–H groups in total. The fourth-order valence-corrected chi connectivity index (χ4v) is 0.973. The second-order valence-electron chi connectivity index (χ2n) is 2.97. The maximum atomic E-state index is 11.0. The lowest BCUT2D eigenvalue weighted by Gasteiger charge is -2.10. The molecule has 3 amide bonds. The molecule has 0 aromatic carbocycles. The van der Waals surface area contributed by atoms with Gasteiger partial charge in [-0.3, -0.25) is 19.7 Å². The molecule has 1 heterocycles. The van der Waals surface area contributed by atoms with Crippen LogP contribution in [0.1, 0.15) is 13.3 Å². The average Bonchev–Trinajstić information content (AvgIpc) is 2.30. The first-order chi connectivity index (χ1) is 6.00. The predicted molar refractivity (Wildman–Crippen MR) is 43.3 cm³/mol. The number of hydrogen-bond donors (Lipinski definition) is 3. The molecule has 72 valence electrons. The quantitative estimate of drug-likeness (QED) is 0.427. The van der Waals surface area contributed by atoms with E-state index in [0.717, 1.165) is 0 Å². The minimum Gasteiger partial charge on any atom is -0.342 e. The Morgan fingerprint density at radius 1 is 1.69 bits per heavy atom. The molecule has 13 heavy (non-hydrogen) atoms. The van der Waals surface area contributed by atoms with Crippen molar-refractivity contribution in [2.24, 2.45) is 5.73 Å². The Hall–Kier alpha value is -1.43. The first kappa shape index (κ1) is 9.66. The molecule has 6 nitrogen and oxygen atoms in total. The molecule has 0 aliphatic carbocycles. The van der Waals surface area contributed by atoms with E-state index in [9.17, 15) is 14.4 Å². The van der Waals surface area contributed by atoms with Crippen LogP contribution in [0, 0.1) is 0 Å². The van der Waals surface area contributed by atoms with Crippen molar-refractivity contribution in [1.82, 2.24) is 10.6 Å². The van der Waals surface area contributed by atoms with E-state index in [-0.39, 0.29) is 12.3 Å². The van der Waals surface area contributed by atoms with Gasteiger partial charge in [-0.1, -0.05) is 0 Å². The summed E-state index contributed by atoms with van der Waals surface area (Å²) in [4.78, 5) is 32.7. The highest BCUT2D eigenvalue weighted by molar-refractivity contribution is 6.07. The van der Waals surface area contributed by atoms with Crippen molar-refractivity contribution in [3.05, 3.63) is 0 Å². The van der Waals surface area contributed by atoms with E-state index < -0.39 is 23.9 Å². The van der Waals surface area contributed by atoms with E-state index in [0.29, 0.717) is 0 Å². The van der Waals surface area contributed by atoms with Crippen LogP contribution in [-0.4, -0.2) is 29.8 Å². The van der Waals surface area contributed by atoms with E-state index in [1.54, 1.807) is 0 Å². The summed E-state index contributed by atoms with van der Waals surface area (Å²) in [7, 11) is 0. The molecule has 0 aromatic rings. The third kappa shape index (κ3) is 2.25. The van der Waals surface area contributed by atoms with Crippen molar-refractivity contribution >= 4 is 17.7 Å². The van der Waals surface area contributed by atoms with Crippen molar-refractivity contribution in [3.63, 3.8) is 0 Å². The highest BCUT2D eigenvalue weighted by atomic mass is 16.2. The molecule has 0 bridgehead atoms. The zero-order valence-electron chi connectivity index (χ0n) is 7.16. The summed E-state index contributed by atoms with van der Waals surface area (Å²) in [5, 5.41) is 4.44. The van der Waals surface area contributed by atoms with Gasteiger partial charge in [-0.05, 0) is 6.92 Å². The molecule has 2 unspecified atom stereocenters. The van der Waals surface area contributed by atoms with Crippen LogP contribution in [0.4, 0.5) is 0 Å². The molecule has 6 heteroatoms. The summed E-state index contributed by atoms with van der Waals surface area (Å²) in [6, 6.07) is -1.44. The van der Waals surface area contributed by atoms with Gasteiger partial charge in [0.2, 0.25) is 17.7 Å². The van der Waals surface area contributed by atoms with Gasteiger partial charge in [0.25, 0.3) is 0 Å². The number of rotatable bonds is 2. The molecular formula is C7H11N3O3. The summed E-state index contributed by atoms with van der Waals surface area (Å²) >= 11 is 0. The van der Waals surface area contributed by atoms with Gasteiger partial charge < -0.3 is 11.1 Å². The lowest BCUT2D eigenvalue weighted by Crippen LogP contribution is -2.46. The van der Waals surface area contributed by atoms with Gasteiger partial charge >= 0.3 is 0 Å². The Bertz CT molecular complexity index is 262. The van der Waals surface area contributed by atoms with Crippen molar-refractivity contribution in [1.29, 1.82) is 0 Å². The Balaban J connectivity index is 2.51. The van der Waals surface area contributed by atoms with Crippen molar-refractivity contribution in [2.45, 2.75) is 25.4 Å². The van der Waals surface area contributed by atoms with Crippen LogP contribution < -0.4 is 16.4 Å². The lowest BCUT2D eigenvalue weighted by molar-refractivity contribution is -0.128. The van der Waals surface area contributed by atoms with E-state index in [4.69, 9.17) is 5.73 Å². The maximum Gasteiger partial charge on any atom is 0.249 e. The molecule has 1 aliphatic rings. The summed E-state index contributed by atoms with van der Waals surface area (Å²) in [5.74, 6) is -1.28. The van der Waals surface area contributed by atoms with Gasteiger partial charge in [-0.25, -0.2) is 0 Å². The standard InChI is InChI=1S/C7H11N3O3/c1-3(8)6(12)9-4-2-5(11)10-7(4)13/h3-4H,2,8H2,1H3,(H,9,12)(H,10,11,13). The van der Waals surface area contributed by atoms with Gasteiger partial charge in [0.1, 0.15) is 6.04 Å². The summed E-state index contributed by atoms with van der Waals surface area (Å²) in [6.07, 6.45) is -0.00269.